The molecule has 0 amide bonds. The van der Waals surface area contributed by atoms with Crippen molar-refractivity contribution in [2.45, 2.75) is 6.92 Å². The molecule has 0 aliphatic heterocycles. The van der Waals surface area contributed by atoms with E-state index in [0.717, 1.165) is 16.9 Å². The van der Waals surface area contributed by atoms with Gasteiger partial charge in [0.25, 0.3) is 0 Å². The summed E-state index contributed by atoms with van der Waals surface area (Å²) in [4.78, 5) is 18.6. The van der Waals surface area contributed by atoms with E-state index in [1.54, 1.807) is 25.2 Å². The van der Waals surface area contributed by atoms with Gasteiger partial charge in [0, 0.05) is 6.08 Å². The van der Waals surface area contributed by atoms with Crippen molar-refractivity contribution in [1.29, 1.82) is 0 Å². The molecule has 0 aliphatic carbocycles. The molecule has 1 N–H and O–H groups in total. The molecule has 0 bridgehead atoms. The summed E-state index contributed by atoms with van der Waals surface area (Å²) in [6, 6.07) is 7.80. The summed E-state index contributed by atoms with van der Waals surface area (Å²) in [5.74, 6) is 0.413. The maximum atomic E-state index is 11.0. The van der Waals surface area contributed by atoms with Crippen LogP contribution in [-0.2, 0) is 9.53 Å². The van der Waals surface area contributed by atoms with Gasteiger partial charge in [-0.05, 0) is 25.1 Å². The van der Waals surface area contributed by atoms with Crippen molar-refractivity contribution in [2.24, 2.45) is 0 Å². The monoisotopic (exact) mass is 242 g/mol. The number of esters is 1. The number of nitrogens with zero attached hydrogens (tertiary/aromatic N) is 1. The third kappa shape index (κ3) is 3.07. The zero-order valence-corrected chi connectivity index (χ0v) is 10.1. The molecule has 18 heavy (non-hydrogen) atoms. The minimum Gasteiger partial charge on any atom is -0.463 e. The standard InChI is InChI=1S/C14H14N2O2/c1-2-18-14(17)10-6-5-9-13-15-11-7-3-4-8-12(11)16-13/h3-10H,2H2,1H3,(H,15,16). The average Bonchev–Trinajstić information content (AvgIpc) is 2.77. The van der Waals surface area contributed by atoms with Crippen LogP contribution in [0.5, 0.6) is 0 Å². The summed E-state index contributed by atoms with van der Waals surface area (Å²) in [6.45, 7) is 2.16. The SMILES string of the molecule is CCOC(=O)C=CC=Cc1nc2ccccc2[nH]1. The normalized spacial score (nSPS) is 11.6. The molecule has 1 aromatic heterocycles. The van der Waals surface area contributed by atoms with Gasteiger partial charge in [0.05, 0.1) is 17.6 Å². The Morgan fingerprint density at radius 2 is 2.22 bits per heavy atom. The molecule has 0 unspecified atom stereocenters. The molecule has 0 fully saturated rings. The van der Waals surface area contributed by atoms with Crippen molar-refractivity contribution in [1.82, 2.24) is 9.97 Å². The van der Waals surface area contributed by atoms with Gasteiger partial charge in [0.2, 0.25) is 0 Å². The van der Waals surface area contributed by atoms with Gasteiger partial charge in [-0.2, -0.15) is 0 Å². The van der Waals surface area contributed by atoms with E-state index >= 15 is 0 Å². The highest BCUT2D eigenvalue weighted by atomic mass is 16.5. The van der Waals surface area contributed by atoms with Gasteiger partial charge >= 0.3 is 5.97 Å². The number of aromatic amines is 1. The maximum Gasteiger partial charge on any atom is 0.330 e. The van der Waals surface area contributed by atoms with E-state index < -0.39 is 0 Å². The number of para-hydroxylation sites is 2. The van der Waals surface area contributed by atoms with E-state index in [-0.39, 0.29) is 5.97 Å². The van der Waals surface area contributed by atoms with Crippen LogP contribution in [0.15, 0.2) is 42.5 Å². The lowest BCUT2D eigenvalue weighted by Crippen LogP contribution is -1.98. The molecule has 1 aromatic carbocycles. The number of carbonyl (C=O) groups excluding carboxylic acids is 1. The van der Waals surface area contributed by atoms with Gasteiger partial charge in [-0.3, -0.25) is 0 Å². The lowest BCUT2D eigenvalue weighted by Gasteiger charge is -1.92. The molecule has 0 spiro atoms. The van der Waals surface area contributed by atoms with Crippen LogP contribution < -0.4 is 0 Å². The van der Waals surface area contributed by atoms with Crippen molar-refractivity contribution in [3.05, 3.63) is 48.3 Å². The van der Waals surface area contributed by atoms with E-state index in [0.29, 0.717) is 6.61 Å². The lowest BCUT2D eigenvalue weighted by atomic mass is 10.3. The fourth-order valence-electron chi connectivity index (χ4n) is 1.52. The number of carbonyl (C=O) groups is 1. The fourth-order valence-corrected chi connectivity index (χ4v) is 1.52. The van der Waals surface area contributed by atoms with Crippen molar-refractivity contribution < 1.29 is 9.53 Å². The number of fused-ring (bicyclic) bond motifs is 1. The van der Waals surface area contributed by atoms with Crippen molar-refractivity contribution in [3.63, 3.8) is 0 Å². The summed E-state index contributed by atoms with van der Waals surface area (Å²) in [5.41, 5.74) is 1.91. The number of hydrogen-bond donors (Lipinski definition) is 1. The van der Waals surface area contributed by atoms with Crippen LogP contribution in [0.1, 0.15) is 12.7 Å². The second-order valence-corrected chi connectivity index (χ2v) is 3.61. The number of benzene rings is 1. The van der Waals surface area contributed by atoms with Crippen molar-refractivity contribution in [2.75, 3.05) is 6.61 Å². The Morgan fingerprint density at radius 3 is 3.00 bits per heavy atom. The Hall–Kier alpha value is -2.36. The van der Waals surface area contributed by atoms with E-state index in [9.17, 15) is 4.79 Å². The molecular weight excluding hydrogens is 228 g/mol. The highest BCUT2D eigenvalue weighted by molar-refractivity contribution is 5.82. The van der Waals surface area contributed by atoms with Crippen LogP contribution in [0.25, 0.3) is 17.1 Å². The lowest BCUT2D eigenvalue weighted by molar-refractivity contribution is -0.137. The molecule has 0 saturated carbocycles. The Bertz CT molecular complexity index is 564. The summed E-state index contributed by atoms with van der Waals surface area (Å²) in [5, 5.41) is 0. The van der Waals surface area contributed by atoms with Crippen LogP contribution in [0.3, 0.4) is 0 Å². The molecule has 0 aliphatic rings. The number of hydrogen-bond acceptors (Lipinski definition) is 3. The second-order valence-electron chi connectivity index (χ2n) is 3.61. The van der Waals surface area contributed by atoms with Gasteiger partial charge in [0.1, 0.15) is 5.82 Å². The fraction of sp³-hybridized carbons (Fsp3) is 0.143. The predicted octanol–water partition coefficient (Wildman–Crippen LogP) is 2.70. The van der Waals surface area contributed by atoms with Crippen LogP contribution in [0, 0.1) is 0 Å². The Morgan fingerprint density at radius 1 is 1.39 bits per heavy atom. The van der Waals surface area contributed by atoms with E-state index in [4.69, 9.17) is 4.74 Å². The molecule has 0 radical (unpaired) electrons. The molecule has 1 heterocycles. The number of imidazole rings is 1. The summed E-state index contributed by atoms with van der Waals surface area (Å²) in [7, 11) is 0. The third-order valence-electron chi connectivity index (χ3n) is 2.29. The zero-order valence-electron chi connectivity index (χ0n) is 10.1. The summed E-state index contributed by atoms with van der Waals surface area (Å²) < 4.78 is 4.76. The maximum absolute atomic E-state index is 11.0. The molecule has 0 atom stereocenters. The first kappa shape index (κ1) is 12.1. The van der Waals surface area contributed by atoms with E-state index in [2.05, 4.69) is 9.97 Å². The van der Waals surface area contributed by atoms with Crippen LogP contribution >= 0.6 is 0 Å². The second kappa shape index (κ2) is 5.82. The number of allylic oxidation sites excluding steroid dienone is 2. The van der Waals surface area contributed by atoms with Gasteiger partial charge in [0.15, 0.2) is 0 Å². The van der Waals surface area contributed by atoms with Gasteiger partial charge in [-0.1, -0.05) is 24.3 Å². The van der Waals surface area contributed by atoms with Crippen molar-refractivity contribution >= 4 is 23.1 Å². The topological polar surface area (TPSA) is 55.0 Å². The first-order chi connectivity index (χ1) is 8.79. The molecule has 92 valence electrons. The number of H-pyrrole nitrogens is 1. The summed E-state index contributed by atoms with van der Waals surface area (Å²) >= 11 is 0. The Balaban J connectivity index is 2.02. The molecule has 0 saturated heterocycles. The van der Waals surface area contributed by atoms with Gasteiger partial charge in [-0.15, -0.1) is 0 Å². The predicted molar refractivity (Wildman–Crippen MR) is 70.9 cm³/mol. The average molecular weight is 242 g/mol. The number of nitrogens with one attached hydrogen (secondary N) is 1. The first-order valence-corrected chi connectivity index (χ1v) is 5.76. The molecule has 4 heteroatoms. The van der Waals surface area contributed by atoms with E-state index in [1.165, 1.54) is 6.08 Å². The molecule has 2 rings (SSSR count). The van der Waals surface area contributed by atoms with E-state index in [1.807, 2.05) is 24.3 Å². The largest absolute Gasteiger partial charge is 0.463 e. The molecule has 2 aromatic rings. The molecular formula is C14H14N2O2. The first-order valence-electron chi connectivity index (χ1n) is 5.76. The smallest absolute Gasteiger partial charge is 0.330 e. The third-order valence-corrected chi connectivity index (χ3v) is 2.29. The van der Waals surface area contributed by atoms with Gasteiger partial charge < -0.3 is 9.72 Å². The van der Waals surface area contributed by atoms with Crippen LogP contribution in [0.2, 0.25) is 0 Å². The quantitative estimate of drug-likeness (QED) is 0.509. The highest BCUT2D eigenvalue weighted by Gasteiger charge is 1.97. The molecule has 4 nitrogen and oxygen atoms in total. The number of aromatic nitrogens is 2. The minimum absolute atomic E-state index is 0.341. The minimum atomic E-state index is -0.341. The summed E-state index contributed by atoms with van der Waals surface area (Å²) in [6.07, 6.45) is 6.55. The number of ether oxygens (including phenoxy) is 1. The van der Waals surface area contributed by atoms with Gasteiger partial charge in [-0.25, -0.2) is 9.78 Å². The number of rotatable bonds is 4. The zero-order chi connectivity index (χ0) is 12.8. The Labute approximate surface area is 105 Å². The highest BCUT2D eigenvalue weighted by Crippen LogP contribution is 2.10. The van der Waals surface area contributed by atoms with Crippen molar-refractivity contribution in [3.8, 4) is 0 Å². The van der Waals surface area contributed by atoms with Crippen LogP contribution in [-0.4, -0.2) is 22.5 Å². The van der Waals surface area contributed by atoms with Crippen LogP contribution in [0.4, 0.5) is 0 Å². The Kier molecular flexibility index (Phi) is 3.91.